The maximum absolute atomic E-state index is 12.4. The summed E-state index contributed by atoms with van der Waals surface area (Å²) in [6, 6.07) is 16.6. The maximum Gasteiger partial charge on any atom is 0.251 e. The lowest BCUT2D eigenvalue weighted by atomic mass is 10.0. The van der Waals surface area contributed by atoms with Gasteiger partial charge in [0, 0.05) is 24.7 Å². The molecule has 0 unspecified atom stereocenters. The minimum atomic E-state index is -0.0938. The van der Waals surface area contributed by atoms with Gasteiger partial charge in [-0.05, 0) is 49.2 Å². The molecule has 2 aromatic carbocycles. The molecule has 6 nitrogen and oxygen atoms in total. The predicted molar refractivity (Wildman–Crippen MR) is 107 cm³/mol. The molecule has 2 aromatic rings. The fourth-order valence-corrected chi connectivity index (χ4v) is 3.22. The third kappa shape index (κ3) is 5.49. The number of hydrogen-bond acceptors (Lipinski definition) is 4. The van der Waals surface area contributed by atoms with Crippen molar-refractivity contribution in [2.24, 2.45) is 0 Å². The zero-order valence-corrected chi connectivity index (χ0v) is 16.1. The molecule has 28 heavy (non-hydrogen) atoms. The molecule has 1 aliphatic rings. The van der Waals surface area contributed by atoms with Crippen molar-refractivity contribution in [1.29, 1.82) is 0 Å². The summed E-state index contributed by atoms with van der Waals surface area (Å²) in [6.07, 6.45) is 1.87. The topological polar surface area (TPSA) is 67.9 Å². The van der Waals surface area contributed by atoms with Crippen LogP contribution in [0.1, 0.15) is 29.6 Å². The third-order valence-electron chi connectivity index (χ3n) is 4.86. The molecule has 1 saturated heterocycles. The van der Waals surface area contributed by atoms with Gasteiger partial charge in [0.15, 0.2) is 0 Å². The average molecular weight is 382 g/mol. The Kier molecular flexibility index (Phi) is 6.89. The third-order valence-corrected chi connectivity index (χ3v) is 4.86. The predicted octanol–water partition coefficient (Wildman–Crippen LogP) is 2.89. The molecule has 0 aromatic heterocycles. The molecule has 1 N–H and O–H groups in total. The Hall–Kier alpha value is -3.02. The molecular weight excluding hydrogens is 356 g/mol. The van der Waals surface area contributed by atoms with E-state index in [1.54, 1.807) is 31.4 Å². The van der Waals surface area contributed by atoms with Gasteiger partial charge in [0.05, 0.1) is 20.1 Å². The normalized spacial score (nSPS) is 14.4. The number of rotatable bonds is 7. The molecule has 1 heterocycles. The molecular formula is C22H26N2O4. The number of amides is 2. The van der Waals surface area contributed by atoms with E-state index in [0.717, 1.165) is 24.3 Å². The van der Waals surface area contributed by atoms with E-state index < -0.39 is 0 Å². The van der Waals surface area contributed by atoms with Gasteiger partial charge >= 0.3 is 0 Å². The van der Waals surface area contributed by atoms with E-state index in [2.05, 4.69) is 5.32 Å². The number of methoxy groups -OCH3 is 1. The van der Waals surface area contributed by atoms with Gasteiger partial charge in [0.2, 0.25) is 5.91 Å². The highest BCUT2D eigenvalue weighted by molar-refractivity contribution is 5.94. The number of hydrogen-bond donors (Lipinski definition) is 1. The largest absolute Gasteiger partial charge is 0.497 e. The molecule has 148 valence electrons. The summed E-state index contributed by atoms with van der Waals surface area (Å²) < 4.78 is 10.7. The maximum atomic E-state index is 12.4. The summed E-state index contributed by atoms with van der Waals surface area (Å²) in [5.74, 6) is 1.49. The Bertz CT molecular complexity index is 769. The first-order valence-corrected chi connectivity index (χ1v) is 9.56. The van der Waals surface area contributed by atoms with Crippen LogP contribution in [0.2, 0.25) is 0 Å². The molecule has 6 heteroatoms. The van der Waals surface area contributed by atoms with E-state index in [-0.39, 0.29) is 17.9 Å². The van der Waals surface area contributed by atoms with Gasteiger partial charge in [0.25, 0.3) is 5.91 Å². The minimum Gasteiger partial charge on any atom is -0.497 e. The first-order valence-electron chi connectivity index (χ1n) is 9.56. The van der Waals surface area contributed by atoms with Gasteiger partial charge in [-0.2, -0.15) is 0 Å². The number of para-hydroxylation sites is 1. The number of piperidine rings is 1. The molecule has 0 bridgehead atoms. The summed E-state index contributed by atoms with van der Waals surface area (Å²) in [5.41, 5.74) is 0.609. The Morgan fingerprint density at radius 1 is 1.00 bits per heavy atom. The fourth-order valence-electron chi connectivity index (χ4n) is 3.22. The van der Waals surface area contributed by atoms with Crippen molar-refractivity contribution in [1.82, 2.24) is 10.2 Å². The second-order valence-electron chi connectivity index (χ2n) is 6.77. The van der Waals surface area contributed by atoms with Crippen LogP contribution in [0.15, 0.2) is 54.6 Å². The van der Waals surface area contributed by atoms with E-state index >= 15 is 0 Å². The Morgan fingerprint density at radius 2 is 1.68 bits per heavy atom. The molecule has 3 rings (SSSR count). The number of benzene rings is 2. The molecule has 0 saturated carbocycles. The van der Waals surface area contributed by atoms with Gasteiger partial charge in [-0.15, -0.1) is 0 Å². The van der Waals surface area contributed by atoms with Gasteiger partial charge in [-0.1, -0.05) is 18.2 Å². The molecule has 2 amide bonds. The van der Waals surface area contributed by atoms with Crippen LogP contribution in [0.4, 0.5) is 0 Å². The lowest BCUT2D eigenvalue weighted by molar-refractivity contribution is -0.132. The van der Waals surface area contributed by atoms with E-state index in [9.17, 15) is 9.59 Å². The first-order chi connectivity index (χ1) is 13.7. The van der Waals surface area contributed by atoms with Gasteiger partial charge in [-0.25, -0.2) is 0 Å². The summed E-state index contributed by atoms with van der Waals surface area (Å²) in [7, 11) is 1.60. The number of carbonyl (C=O) groups excluding carboxylic acids is 2. The quantitative estimate of drug-likeness (QED) is 0.800. The van der Waals surface area contributed by atoms with Crippen LogP contribution in [0, 0.1) is 0 Å². The van der Waals surface area contributed by atoms with Crippen LogP contribution in [0.3, 0.4) is 0 Å². The lowest BCUT2D eigenvalue weighted by Crippen LogP contribution is -2.46. The number of ether oxygens (including phenoxy) is 2. The van der Waals surface area contributed by atoms with Gasteiger partial charge in [0.1, 0.15) is 11.5 Å². The zero-order chi connectivity index (χ0) is 19.8. The SMILES string of the molecule is COc1ccc(C(=O)NC2CCN(C(=O)CCOc3ccccc3)CC2)cc1. The van der Waals surface area contributed by atoms with Crippen LogP contribution in [-0.2, 0) is 4.79 Å². The Balaban J connectivity index is 1.38. The van der Waals surface area contributed by atoms with Crippen LogP contribution in [-0.4, -0.2) is 49.6 Å². The highest BCUT2D eigenvalue weighted by atomic mass is 16.5. The summed E-state index contributed by atoms with van der Waals surface area (Å²) in [5, 5.41) is 3.05. The highest BCUT2D eigenvalue weighted by Crippen LogP contribution is 2.15. The highest BCUT2D eigenvalue weighted by Gasteiger charge is 2.24. The molecule has 0 spiro atoms. The van der Waals surface area contributed by atoms with Crippen molar-refractivity contribution in [3.63, 3.8) is 0 Å². The molecule has 0 aliphatic carbocycles. The minimum absolute atomic E-state index is 0.0826. The monoisotopic (exact) mass is 382 g/mol. The Morgan fingerprint density at radius 3 is 2.32 bits per heavy atom. The van der Waals surface area contributed by atoms with E-state index in [0.29, 0.717) is 31.7 Å². The zero-order valence-electron chi connectivity index (χ0n) is 16.1. The lowest BCUT2D eigenvalue weighted by Gasteiger charge is -2.32. The van der Waals surface area contributed by atoms with Crippen molar-refractivity contribution in [2.75, 3.05) is 26.8 Å². The number of carbonyl (C=O) groups is 2. The summed E-state index contributed by atoms with van der Waals surface area (Å²) in [6.45, 7) is 1.67. The number of likely N-dealkylation sites (tertiary alicyclic amines) is 1. The van der Waals surface area contributed by atoms with E-state index in [1.807, 2.05) is 35.2 Å². The second kappa shape index (κ2) is 9.78. The molecule has 0 radical (unpaired) electrons. The number of nitrogens with zero attached hydrogens (tertiary/aromatic N) is 1. The molecule has 1 fully saturated rings. The Labute approximate surface area is 165 Å². The smallest absolute Gasteiger partial charge is 0.251 e. The van der Waals surface area contributed by atoms with Crippen molar-refractivity contribution >= 4 is 11.8 Å². The molecule has 0 atom stereocenters. The second-order valence-corrected chi connectivity index (χ2v) is 6.77. The van der Waals surface area contributed by atoms with Crippen molar-refractivity contribution in [3.8, 4) is 11.5 Å². The van der Waals surface area contributed by atoms with Gasteiger partial charge in [-0.3, -0.25) is 9.59 Å². The van der Waals surface area contributed by atoms with E-state index in [4.69, 9.17) is 9.47 Å². The van der Waals surface area contributed by atoms with Crippen molar-refractivity contribution < 1.29 is 19.1 Å². The standard InChI is InChI=1S/C22H26N2O4/c1-27-19-9-7-17(8-10-19)22(26)23-18-11-14-24(15-12-18)21(25)13-16-28-20-5-3-2-4-6-20/h2-10,18H,11-16H2,1H3,(H,23,26). The van der Waals surface area contributed by atoms with Crippen LogP contribution in [0.5, 0.6) is 11.5 Å². The summed E-state index contributed by atoms with van der Waals surface area (Å²) in [4.78, 5) is 26.6. The van der Waals surface area contributed by atoms with Crippen LogP contribution >= 0.6 is 0 Å². The molecule has 1 aliphatic heterocycles. The van der Waals surface area contributed by atoms with Crippen LogP contribution in [0.25, 0.3) is 0 Å². The van der Waals surface area contributed by atoms with Crippen LogP contribution < -0.4 is 14.8 Å². The van der Waals surface area contributed by atoms with Crippen molar-refractivity contribution in [2.45, 2.75) is 25.3 Å². The van der Waals surface area contributed by atoms with E-state index in [1.165, 1.54) is 0 Å². The fraction of sp³-hybridized carbons (Fsp3) is 0.364. The first kappa shape index (κ1) is 19.7. The average Bonchev–Trinajstić information content (AvgIpc) is 2.75. The van der Waals surface area contributed by atoms with Gasteiger partial charge < -0.3 is 19.7 Å². The summed E-state index contributed by atoms with van der Waals surface area (Å²) >= 11 is 0. The van der Waals surface area contributed by atoms with Crippen molar-refractivity contribution in [3.05, 3.63) is 60.2 Å². The number of nitrogens with one attached hydrogen (secondary N) is 1.